The van der Waals surface area contributed by atoms with E-state index in [-0.39, 0.29) is 0 Å². The maximum absolute atomic E-state index is 7.02. The normalized spacial score (nSPS) is 19.9. The number of nitrogens with zero attached hydrogens (tertiary/aromatic N) is 2. The van der Waals surface area contributed by atoms with Crippen molar-refractivity contribution < 1.29 is 9.14 Å². The topological polar surface area (TPSA) is 17.2 Å². The summed E-state index contributed by atoms with van der Waals surface area (Å²) in [5.74, 6) is 0.923. The van der Waals surface area contributed by atoms with E-state index < -0.39 is 6.62 Å². The first-order valence-electron chi connectivity index (χ1n) is 10.7. The lowest BCUT2D eigenvalue weighted by Gasteiger charge is -2.47. The Kier molecular flexibility index (Phi) is 3.23. The molecule has 4 heteroatoms. The summed E-state index contributed by atoms with van der Waals surface area (Å²) in [5, 5.41) is 0. The summed E-state index contributed by atoms with van der Waals surface area (Å²) in [4.78, 5) is 0. The highest BCUT2D eigenvalue weighted by molar-refractivity contribution is 6.80. The maximum atomic E-state index is 7.02. The Morgan fingerprint density at radius 3 is 2.26 bits per heavy atom. The second-order valence-corrected chi connectivity index (χ2v) is 8.24. The quantitative estimate of drug-likeness (QED) is 0.449. The highest BCUT2D eigenvalue weighted by atomic mass is 16.5. The van der Waals surface area contributed by atoms with Crippen LogP contribution in [-0.2, 0) is 0 Å². The Morgan fingerprint density at radius 1 is 0.710 bits per heavy atom. The van der Waals surface area contributed by atoms with Crippen molar-refractivity contribution in [2.45, 2.75) is 0 Å². The van der Waals surface area contributed by atoms with Gasteiger partial charge in [0.15, 0.2) is 5.70 Å². The van der Waals surface area contributed by atoms with E-state index in [2.05, 4.69) is 118 Å². The molecule has 0 fully saturated rings. The lowest BCUT2D eigenvalue weighted by Crippen LogP contribution is -2.70. The molecule has 0 radical (unpaired) electrons. The van der Waals surface area contributed by atoms with E-state index in [1.807, 2.05) is 6.07 Å². The summed E-state index contributed by atoms with van der Waals surface area (Å²) in [6.07, 6.45) is 6.49. The number of para-hydroxylation sites is 1. The number of rotatable bonds is 2. The first kappa shape index (κ1) is 16.7. The van der Waals surface area contributed by atoms with Crippen LogP contribution in [0.15, 0.2) is 115 Å². The average Bonchev–Trinajstić information content (AvgIpc) is 3.50. The molecule has 0 saturated carbocycles. The van der Waals surface area contributed by atoms with Crippen molar-refractivity contribution >= 4 is 23.9 Å². The van der Waals surface area contributed by atoms with Gasteiger partial charge in [-0.15, -0.1) is 0 Å². The van der Waals surface area contributed by atoms with Crippen LogP contribution in [0.1, 0.15) is 11.3 Å². The molecule has 0 N–H and O–H groups in total. The largest absolute Gasteiger partial charge is 0.635 e. The predicted molar refractivity (Wildman–Crippen MR) is 126 cm³/mol. The van der Waals surface area contributed by atoms with E-state index >= 15 is 0 Å². The van der Waals surface area contributed by atoms with Gasteiger partial charge in [-0.25, -0.2) is 0 Å². The second kappa shape index (κ2) is 5.99. The van der Waals surface area contributed by atoms with Gasteiger partial charge in [0.1, 0.15) is 6.21 Å². The zero-order valence-corrected chi connectivity index (χ0v) is 16.8. The smallest absolute Gasteiger partial charge is 0.597 e. The molecule has 7 rings (SSSR count). The second-order valence-electron chi connectivity index (χ2n) is 8.24. The Hall–Kier alpha value is -4.05. The fourth-order valence-electron chi connectivity index (χ4n) is 5.46. The monoisotopic (exact) mass is 398 g/mol. The molecule has 31 heavy (non-hydrogen) atoms. The van der Waals surface area contributed by atoms with Gasteiger partial charge in [-0.2, -0.15) is 0 Å². The minimum atomic E-state index is -1.73. The molecular weight excluding hydrogens is 379 g/mol. The van der Waals surface area contributed by atoms with E-state index in [1.165, 1.54) is 28.2 Å². The van der Waals surface area contributed by atoms with Gasteiger partial charge in [0, 0.05) is 29.1 Å². The SMILES string of the molecule is C1=CC2=C(c3ccccc3)c3ccc4n3[B@@-](c3ccccc3)(Oc3ccccc3-4)[N+]2=C1. The number of hydrogen-bond acceptors (Lipinski definition) is 1. The van der Waals surface area contributed by atoms with Gasteiger partial charge in [0.2, 0.25) is 0 Å². The van der Waals surface area contributed by atoms with Crippen LogP contribution < -0.4 is 10.1 Å². The molecule has 0 saturated heterocycles. The van der Waals surface area contributed by atoms with E-state index in [1.54, 1.807) is 0 Å². The number of aromatic nitrogens is 1. The van der Waals surface area contributed by atoms with Gasteiger partial charge >= 0.3 is 6.62 Å². The number of benzene rings is 3. The zero-order valence-electron chi connectivity index (χ0n) is 16.8. The van der Waals surface area contributed by atoms with Crippen molar-refractivity contribution in [1.29, 1.82) is 0 Å². The van der Waals surface area contributed by atoms with Gasteiger partial charge in [0.25, 0.3) is 0 Å². The van der Waals surface area contributed by atoms with Gasteiger partial charge in [-0.3, -0.25) is 0 Å². The van der Waals surface area contributed by atoms with Crippen LogP contribution in [0.5, 0.6) is 5.75 Å². The summed E-state index contributed by atoms with van der Waals surface area (Å²) in [5.41, 5.74) is 8.27. The first-order chi connectivity index (χ1) is 15.4. The van der Waals surface area contributed by atoms with Crippen LogP contribution in [0.25, 0.3) is 16.8 Å². The third-order valence-electron chi connectivity index (χ3n) is 6.69. The summed E-state index contributed by atoms with van der Waals surface area (Å²) >= 11 is 0. The molecule has 3 aliphatic rings. The molecular formula is C27H19BN2O. The Labute approximate surface area is 180 Å². The molecule has 0 aliphatic carbocycles. The van der Waals surface area contributed by atoms with Gasteiger partial charge < -0.3 is 13.6 Å². The Morgan fingerprint density at radius 2 is 1.42 bits per heavy atom. The maximum Gasteiger partial charge on any atom is 0.597 e. The molecule has 0 unspecified atom stereocenters. The van der Waals surface area contributed by atoms with E-state index in [9.17, 15) is 0 Å². The fourth-order valence-corrected chi connectivity index (χ4v) is 5.46. The summed E-state index contributed by atoms with van der Waals surface area (Å²) < 4.78 is 11.8. The van der Waals surface area contributed by atoms with E-state index in [0.717, 1.165) is 16.8 Å². The molecule has 3 nitrogen and oxygen atoms in total. The standard InChI is InChI=1S/C27H19BN2O/c1-3-10-20(11-4-1)27-24-15-9-19-29(24)28(21-12-5-2-6-13-21)30-23(17-18-25(27)30)22-14-7-8-16-26(22)31-28/h1-19H/t28-/m0/s1. The van der Waals surface area contributed by atoms with Gasteiger partial charge in [-0.05, 0) is 29.8 Å². The van der Waals surface area contributed by atoms with Crippen LogP contribution in [0.2, 0.25) is 0 Å². The minimum absolute atomic E-state index is 0.923. The summed E-state index contributed by atoms with van der Waals surface area (Å²) in [7, 11) is 0. The minimum Gasteiger partial charge on any atom is -0.635 e. The van der Waals surface area contributed by atoms with Crippen LogP contribution in [0.3, 0.4) is 0 Å². The third kappa shape index (κ3) is 2.06. The molecule has 0 bridgehead atoms. The molecule has 146 valence electrons. The van der Waals surface area contributed by atoms with Gasteiger partial charge in [0.05, 0.1) is 11.3 Å². The summed E-state index contributed by atoms with van der Waals surface area (Å²) in [6, 6.07) is 34.1. The lowest BCUT2D eigenvalue weighted by molar-refractivity contribution is -0.342. The molecule has 1 aromatic heterocycles. The summed E-state index contributed by atoms with van der Waals surface area (Å²) in [6.45, 7) is -1.73. The fraction of sp³-hybridized carbons (Fsp3) is 0. The number of hydrogen-bond donors (Lipinski definition) is 0. The molecule has 3 aromatic carbocycles. The number of fused-ring (bicyclic) bond motifs is 4. The molecule has 0 amide bonds. The van der Waals surface area contributed by atoms with Crippen LogP contribution in [-0.4, -0.2) is 21.8 Å². The van der Waals surface area contributed by atoms with Crippen LogP contribution in [0.4, 0.5) is 0 Å². The first-order valence-corrected chi connectivity index (χ1v) is 10.7. The van der Waals surface area contributed by atoms with Crippen molar-refractivity contribution in [3.05, 3.63) is 126 Å². The molecule has 4 heterocycles. The van der Waals surface area contributed by atoms with Crippen LogP contribution in [0, 0.1) is 0 Å². The molecule has 3 aliphatic heterocycles. The number of allylic oxidation sites excluding steroid dienone is 2. The Balaban J connectivity index is 1.64. The third-order valence-corrected chi connectivity index (χ3v) is 6.69. The van der Waals surface area contributed by atoms with Crippen LogP contribution >= 0.6 is 0 Å². The van der Waals surface area contributed by atoms with Crippen molar-refractivity contribution in [2.24, 2.45) is 0 Å². The van der Waals surface area contributed by atoms with Crippen molar-refractivity contribution in [2.75, 3.05) is 0 Å². The van der Waals surface area contributed by atoms with E-state index in [0.29, 0.717) is 0 Å². The average molecular weight is 398 g/mol. The van der Waals surface area contributed by atoms with Gasteiger partial charge in [-0.1, -0.05) is 78.3 Å². The molecule has 4 aromatic rings. The molecule has 1 atom stereocenters. The van der Waals surface area contributed by atoms with Crippen molar-refractivity contribution in [1.82, 2.24) is 4.48 Å². The highest BCUT2D eigenvalue weighted by Gasteiger charge is 2.56. The zero-order chi connectivity index (χ0) is 20.4. The van der Waals surface area contributed by atoms with E-state index in [4.69, 9.17) is 4.65 Å². The molecule has 0 spiro atoms. The van der Waals surface area contributed by atoms with Crippen molar-refractivity contribution in [3.63, 3.8) is 0 Å². The Bertz CT molecular complexity index is 1450. The lowest BCUT2D eigenvalue weighted by atomic mass is 9.54. The van der Waals surface area contributed by atoms with Crippen molar-refractivity contribution in [3.8, 4) is 17.0 Å². The predicted octanol–water partition coefficient (Wildman–Crippen LogP) is 4.67. The highest BCUT2D eigenvalue weighted by Crippen LogP contribution is 2.46.